The lowest BCUT2D eigenvalue weighted by molar-refractivity contribution is -0.146. The summed E-state index contributed by atoms with van der Waals surface area (Å²) in [6, 6.07) is 7.68. The first kappa shape index (κ1) is 29.2. The van der Waals surface area contributed by atoms with Crippen molar-refractivity contribution in [3.05, 3.63) is 48.0 Å². The molecule has 218 valence electrons. The van der Waals surface area contributed by atoms with Gasteiger partial charge in [0.25, 0.3) is 0 Å². The maximum Gasteiger partial charge on any atom is 0.414 e. The zero-order chi connectivity index (χ0) is 29.7. The Bertz CT molecular complexity index is 1370. The second-order valence-corrected chi connectivity index (χ2v) is 9.28. The Hall–Kier alpha value is -4.75. The average Bonchev–Trinajstić information content (AvgIpc) is 3.48. The largest absolute Gasteiger partial charge is 0.466 e. The predicted molar refractivity (Wildman–Crippen MR) is 140 cm³/mol. The molecule has 2 aromatic carbocycles. The van der Waals surface area contributed by atoms with Gasteiger partial charge in [-0.15, -0.1) is 0 Å². The number of carbonyl (C=O) groups excluding carboxylic acids is 5. The molecule has 2 atom stereocenters. The number of rotatable bonds is 10. The number of nitrogens with one attached hydrogen (secondary N) is 2. The van der Waals surface area contributed by atoms with Crippen molar-refractivity contribution in [3.8, 4) is 11.1 Å². The van der Waals surface area contributed by atoms with Crippen LogP contribution in [0.15, 0.2) is 36.4 Å². The van der Waals surface area contributed by atoms with Crippen molar-refractivity contribution in [3.63, 3.8) is 0 Å². The van der Waals surface area contributed by atoms with E-state index in [1.54, 1.807) is 6.92 Å². The third-order valence-corrected chi connectivity index (χ3v) is 6.28. The Morgan fingerprint density at radius 2 is 1.37 bits per heavy atom. The number of cyclic esters (lactones) is 2. The van der Waals surface area contributed by atoms with E-state index in [9.17, 15) is 24.0 Å². The Morgan fingerprint density at radius 1 is 0.878 bits per heavy atom. The molecule has 4 amide bonds. The van der Waals surface area contributed by atoms with Gasteiger partial charge in [-0.3, -0.25) is 24.2 Å². The predicted octanol–water partition coefficient (Wildman–Crippen LogP) is 2.49. The number of benzene rings is 2. The van der Waals surface area contributed by atoms with Gasteiger partial charge in [0.1, 0.15) is 30.3 Å². The summed E-state index contributed by atoms with van der Waals surface area (Å²) in [4.78, 5) is 61.3. The minimum absolute atomic E-state index is 0.00916. The molecule has 0 aliphatic carbocycles. The van der Waals surface area contributed by atoms with Crippen LogP contribution in [0.5, 0.6) is 0 Å². The fourth-order valence-corrected chi connectivity index (χ4v) is 4.35. The summed E-state index contributed by atoms with van der Waals surface area (Å²) in [5.74, 6) is -3.13. The molecule has 2 aromatic rings. The molecule has 2 fully saturated rings. The fourth-order valence-electron chi connectivity index (χ4n) is 4.35. The molecule has 0 radical (unpaired) electrons. The normalized spacial score (nSPS) is 18.1. The third-order valence-electron chi connectivity index (χ3n) is 6.28. The first-order valence-corrected chi connectivity index (χ1v) is 12.8. The molecule has 0 bridgehead atoms. The lowest BCUT2D eigenvalue weighted by Crippen LogP contribution is -2.35. The van der Waals surface area contributed by atoms with Gasteiger partial charge in [-0.05, 0) is 43.3 Å². The maximum atomic E-state index is 15.1. The van der Waals surface area contributed by atoms with E-state index in [1.807, 2.05) is 0 Å². The molecule has 4 rings (SSSR count). The number of amides is 4. The zero-order valence-electron chi connectivity index (χ0n) is 22.3. The Morgan fingerprint density at radius 3 is 1.80 bits per heavy atom. The highest BCUT2D eigenvalue weighted by Crippen LogP contribution is 2.33. The van der Waals surface area contributed by atoms with Gasteiger partial charge in [0.15, 0.2) is 0 Å². The quantitative estimate of drug-likeness (QED) is 0.250. The van der Waals surface area contributed by atoms with Crippen LogP contribution in [0.4, 0.5) is 29.7 Å². The molecule has 14 heteroatoms. The zero-order valence-corrected chi connectivity index (χ0v) is 22.3. The van der Waals surface area contributed by atoms with E-state index in [0.717, 1.165) is 12.1 Å². The van der Waals surface area contributed by atoms with Crippen LogP contribution in [0.25, 0.3) is 11.1 Å². The Labute approximate surface area is 233 Å². The van der Waals surface area contributed by atoms with Gasteiger partial charge >= 0.3 is 18.2 Å². The summed E-state index contributed by atoms with van der Waals surface area (Å²) in [7, 11) is 0. The maximum absolute atomic E-state index is 15.1. The minimum Gasteiger partial charge on any atom is -0.466 e. The molecule has 0 saturated carbocycles. The molecular weight excluding hydrogens is 546 g/mol. The van der Waals surface area contributed by atoms with Crippen LogP contribution in [-0.2, 0) is 28.6 Å². The number of esters is 1. The summed E-state index contributed by atoms with van der Waals surface area (Å²) in [6.07, 6.45) is -3.26. The number of hydrogen-bond donors (Lipinski definition) is 2. The molecule has 12 nitrogen and oxygen atoms in total. The minimum atomic E-state index is -0.802. The summed E-state index contributed by atoms with van der Waals surface area (Å²) >= 11 is 0. The summed E-state index contributed by atoms with van der Waals surface area (Å²) in [5.41, 5.74) is 0.240. The highest BCUT2D eigenvalue weighted by atomic mass is 19.1. The topological polar surface area (TPSA) is 144 Å². The molecule has 2 heterocycles. The molecule has 0 unspecified atom stereocenters. The number of ether oxygens (including phenoxy) is 3. The SMILES string of the molecule is CCOC(=O)CC(=O)NC[C@H]1CN(c2ccc(-c3ccc(N4C[C@@H](CNC(C)=O)OC4=O)cc3F)c(F)c2)C(=O)O1. The molecule has 0 spiro atoms. The van der Waals surface area contributed by atoms with E-state index in [2.05, 4.69) is 10.6 Å². The van der Waals surface area contributed by atoms with Crippen LogP contribution in [0.3, 0.4) is 0 Å². The first-order valence-electron chi connectivity index (χ1n) is 12.8. The summed E-state index contributed by atoms with van der Waals surface area (Å²) in [6.45, 7) is 3.26. The molecule has 2 saturated heterocycles. The van der Waals surface area contributed by atoms with E-state index in [4.69, 9.17) is 14.2 Å². The smallest absolute Gasteiger partial charge is 0.414 e. The van der Waals surface area contributed by atoms with Crippen LogP contribution in [-0.4, -0.2) is 75.0 Å². The van der Waals surface area contributed by atoms with Crippen molar-refractivity contribution in [2.24, 2.45) is 0 Å². The molecule has 0 aromatic heterocycles. The molecular formula is C27H28F2N4O8. The average molecular weight is 575 g/mol. The Balaban J connectivity index is 1.39. The highest BCUT2D eigenvalue weighted by molar-refractivity contribution is 5.94. The van der Waals surface area contributed by atoms with E-state index in [0.29, 0.717) is 0 Å². The van der Waals surface area contributed by atoms with Crippen molar-refractivity contribution in [2.75, 3.05) is 42.6 Å². The van der Waals surface area contributed by atoms with Crippen LogP contribution in [0.2, 0.25) is 0 Å². The van der Waals surface area contributed by atoms with Crippen molar-refractivity contribution in [2.45, 2.75) is 32.5 Å². The lowest BCUT2D eigenvalue weighted by Gasteiger charge is -2.16. The van der Waals surface area contributed by atoms with Crippen molar-refractivity contribution in [1.82, 2.24) is 10.6 Å². The molecule has 41 heavy (non-hydrogen) atoms. The van der Waals surface area contributed by atoms with Crippen molar-refractivity contribution in [1.29, 1.82) is 0 Å². The van der Waals surface area contributed by atoms with Gasteiger partial charge in [-0.25, -0.2) is 18.4 Å². The van der Waals surface area contributed by atoms with Crippen LogP contribution in [0.1, 0.15) is 20.3 Å². The van der Waals surface area contributed by atoms with Crippen LogP contribution >= 0.6 is 0 Å². The van der Waals surface area contributed by atoms with Crippen LogP contribution < -0.4 is 20.4 Å². The van der Waals surface area contributed by atoms with Gasteiger partial charge in [0.2, 0.25) is 11.8 Å². The van der Waals surface area contributed by atoms with Gasteiger partial charge in [0, 0.05) is 18.1 Å². The second kappa shape index (κ2) is 12.6. The van der Waals surface area contributed by atoms with E-state index in [-0.39, 0.29) is 61.2 Å². The number of nitrogens with zero attached hydrogens (tertiary/aromatic N) is 2. The number of hydrogen-bond acceptors (Lipinski definition) is 8. The fraction of sp³-hybridized carbons (Fsp3) is 0.370. The highest BCUT2D eigenvalue weighted by Gasteiger charge is 2.34. The summed E-state index contributed by atoms with van der Waals surface area (Å²) < 4.78 is 45.3. The molecule has 2 aliphatic rings. The van der Waals surface area contributed by atoms with Gasteiger partial charge in [-0.2, -0.15) is 0 Å². The van der Waals surface area contributed by atoms with Gasteiger partial charge in [0.05, 0.1) is 44.2 Å². The summed E-state index contributed by atoms with van der Waals surface area (Å²) in [5, 5.41) is 5.04. The first-order chi connectivity index (χ1) is 19.5. The van der Waals surface area contributed by atoms with Gasteiger partial charge in [-0.1, -0.05) is 0 Å². The van der Waals surface area contributed by atoms with Crippen molar-refractivity contribution < 1.29 is 47.0 Å². The van der Waals surface area contributed by atoms with E-state index in [1.165, 1.54) is 41.0 Å². The van der Waals surface area contributed by atoms with Gasteiger partial charge < -0.3 is 24.8 Å². The monoisotopic (exact) mass is 574 g/mol. The van der Waals surface area contributed by atoms with Crippen molar-refractivity contribution >= 4 is 41.3 Å². The van der Waals surface area contributed by atoms with Crippen LogP contribution in [0, 0.1) is 11.6 Å². The number of halogens is 2. The second-order valence-electron chi connectivity index (χ2n) is 9.28. The van der Waals surface area contributed by atoms with E-state index >= 15 is 8.78 Å². The third kappa shape index (κ3) is 7.07. The number of carbonyl (C=O) groups is 5. The molecule has 2 N–H and O–H groups in total. The van der Waals surface area contributed by atoms with E-state index < -0.39 is 54.3 Å². The number of anilines is 2. The Kier molecular flexibility index (Phi) is 9.00. The molecule has 2 aliphatic heterocycles. The lowest BCUT2D eigenvalue weighted by atomic mass is 10.0. The standard InChI is InChI=1S/C27H28F2N4O8/c1-3-39-25(36)10-24(35)31-12-19-14-33(27(38)41-19)17-5-7-21(23(29)9-17)20-6-4-16(8-22(20)28)32-13-18(40-26(32)37)11-30-15(2)34/h4-9,18-19H,3,10-14H2,1-2H3,(H,30,34)(H,31,35)/t18-,19+/m1/s1.